The molecule has 6 heteroatoms. The lowest BCUT2D eigenvalue weighted by atomic mass is 10.0. The summed E-state index contributed by atoms with van der Waals surface area (Å²) < 4.78 is 10.2. The molecule has 0 heterocycles. The molecule has 0 aliphatic carbocycles. The minimum absolute atomic E-state index is 0.101. The number of amides is 1. The van der Waals surface area contributed by atoms with Crippen LogP contribution in [0.4, 0.5) is 0 Å². The van der Waals surface area contributed by atoms with Gasteiger partial charge in [-0.3, -0.25) is 9.59 Å². The van der Waals surface area contributed by atoms with Crippen molar-refractivity contribution < 1.29 is 19.1 Å². The standard InChI is InChI=1S/C14H18ClNO4/c1-8(2)12(13(15)17)16-14(18)9-5-10(19-3)7-11(6-9)20-4/h5-8,12H,1-4H3,(H,16,18). The third kappa shape index (κ3) is 4.13. The van der Waals surface area contributed by atoms with Crippen LogP contribution in [0.25, 0.3) is 0 Å². The molecule has 1 aromatic carbocycles. The highest BCUT2D eigenvalue weighted by atomic mass is 35.5. The fourth-order valence-electron chi connectivity index (χ4n) is 1.65. The molecule has 20 heavy (non-hydrogen) atoms. The maximum Gasteiger partial charge on any atom is 0.252 e. The highest BCUT2D eigenvalue weighted by Crippen LogP contribution is 2.22. The molecule has 0 spiro atoms. The van der Waals surface area contributed by atoms with Crippen molar-refractivity contribution in [3.8, 4) is 11.5 Å². The topological polar surface area (TPSA) is 64.6 Å². The van der Waals surface area contributed by atoms with E-state index in [4.69, 9.17) is 21.1 Å². The number of carbonyl (C=O) groups is 2. The maximum absolute atomic E-state index is 12.2. The van der Waals surface area contributed by atoms with Crippen molar-refractivity contribution in [2.75, 3.05) is 14.2 Å². The molecule has 0 aromatic heterocycles. The summed E-state index contributed by atoms with van der Waals surface area (Å²) in [6.45, 7) is 3.61. The van der Waals surface area contributed by atoms with Gasteiger partial charge in [-0.1, -0.05) is 13.8 Å². The molecule has 1 amide bonds. The Labute approximate surface area is 123 Å². The fourth-order valence-corrected chi connectivity index (χ4v) is 1.96. The number of methoxy groups -OCH3 is 2. The van der Waals surface area contributed by atoms with Gasteiger partial charge in [0.1, 0.15) is 17.5 Å². The zero-order valence-corrected chi connectivity index (χ0v) is 12.7. The molecule has 0 aliphatic heterocycles. The van der Waals surface area contributed by atoms with Gasteiger partial charge in [-0.2, -0.15) is 0 Å². The van der Waals surface area contributed by atoms with E-state index < -0.39 is 17.2 Å². The number of nitrogens with one attached hydrogen (secondary N) is 1. The molecule has 110 valence electrons. The third-order valence-electron chi connectivity index (χ3n) is 2.81. The summed E-state index contributed by atoms with van der Waals surface area (Å²) in [6.07, 6.45) is 0. The third-order valence-corrected chi connectivity index (χ3v) is 3.05. The van der Waals surface area contributed by atoms with Gasteiger partial charge in [-0.25, -0.2) is 0 Å². The van der Waals surface area contributed by atoms with Crippen LogP contribution >= 0.6 is 11.6 Å². The van der Waals surface area contributed by atoms with Gasteiger partial charge < -0.3 is 14.8 Å². The molecule has 1 atom stereocenters. The highest BCUT2D eigenvalue weighted by Gasteiger charge is 2.23. The van der Waals surface area contributed by atoms with Crippen molar-refractivity contribution >= 4 is 22.8 Å². The van der Waals surface area contributed by atoms with E-state index in [0.29, 0.717) is 17.1 Å². The molecule has 0 saturated carbocycles. The normalized spacial score (nSPS) is 11.9. The number of rotatable bonds is 6. The van der Waals surface area contributed by atoms with E-state index in [9.17, 15) is 9.59 Å². The Morgan fingerprint density at radius 3 is 1.95 bits per heavy atom. The Kier molecular flexibility index (Phi) is 5.82. The van der Waals surface area contributed by atoms with E-state index in [-0.39, 0.29) is 5.92 Å². The fraction of sp³-hybridized carbons (Fsp3) is 0.429. The van der Waals surface area contributed by atoms with Crippen LogP contribution in [0, 0.1) is 5.92 Å². The maximum atomic E-state index is 12.2. The van der Waals surface area contributed by atoms with Gasteiger partial charge in [0.25, 0.3) is 5.91 Å². The first kappa shape index (κ1) is 16.3. The average molecular weight is 300 g/mol. The number of hydrogen-bond donors (Lipinski definition) is 1. The molecule has 0 fully saturated rings. The Morgan fingerprint density at radius 1 is 1.10 bits per heavy atom. The van der Waals surface area contributed by atoms with Gasteiger partial charge in [-0.15, -0.1) is 0 Å². The molecular formula is C14H18ClNO4. The average Bonchev–Trinajstić information content (AvgIpc) is 2.42. The zero-order chi connectivity index (χ0) is 15.3. The predicted octanol–water partition coefficient (Wildman–Crippen LogP) is 2.22. The first-order valence-electron chi connectivity index (χ1n) is 6.12. The second-order valence-electron chi connectivity index (χ2n) is 4.60. The van der Waals surface area contributed by atoms with Crippen LogP contribution in [-0.2, 0) is 4.79 Å². The SMILES string of the molecule is COc1cc(OC)cc(C(=O)NC(C(=O)Cl)C(C)C)c1. The molecule has 0 bridgehead atoms. The molecule has 1 aromatic rings. The zero-order valence-electron chi connectivity index (χ0n) is 11.9. The number of halogens is 1. The van der Waals surface area contributed by atoms with Crippen molar-refractivity contribution in [1.29, 1.82) is 0 Å². The van der Waals surface area contributed by atoms with E-state index in [1.807, 2.05) is 0 Å². The van der Waals surface area contributed by atoms with Crippen molar-refractivity contribution in [3.05, 3.63) is 23.8 Å². The van der Waals surface area contributed by atoms with Crippen LogP contribution in [0.15, 0.2) is 18.2 Å². The summed E-state index contributed by atoms with van der Waals surface area (Å²) in [5.41, 5.74) is 0.338. The van der Waals surface area contributed by atoms with Gasteiger partial charge in [-0.05, 0) is 29.7 Å². The lowest BCUT2D eigenvalue weighted by Crippen LogP contribution is -2.42. The van der Waals surface area contributed by atoms with Crippen LogP contribution in [0.3, 0.4) is 0 Å². The molecule has 0 radical (unpaired) electrons. The van der Waals surface area contributed by atoms with Crippen molar-refractivity contribution in [3.63, 3.8) is 0 Å². The lowest BCUT2D eigenvalue weighted by molar-refractivity contribution is -0.114. The van der Waals surface area contributed by atoms with Gasteiger partial charge in [0.05, 0.1) is 14.2 Å². The first-order valence-corrected chi connectivity index (χ1v) is 6.50. The summed E-state index contributed by atoms with van der Waals surface area (Å²) in [6, 6.07) is 4.05. The summed E-state index contributed by atoms with van der Waals surface area (Å²) in [4.78, 5) is 23.5. The predicted molar refractivity (Wildman–Crippen MR) is 76.5 cm³/mol. The molecule has 5 nitrogen and oxygen atoms in total. The summed E-state index contributed by atoms with van der Waals surface area (Å²) in [5.74, 6) is 0.479. The smallest absolute Gasteiger partial charge is 0.252 e. The monoisotopic (exact) mass is 299 g/mol. The van der Waals surface area contributed by atoms with Gasteiger partial charge in [0, 0.05) is 11.6 Å². The van der Waals surface area contributed by atoms with Crippen LogP contribution < -0.4 is 14.8 Å². The molecule has 0 saturated heterocycles. The molecule has 1 N–H and O–H groups in total. The Morgan fingerprint density at radius 2 is 1.60 bits per heavy atom. The second-order valence-corrected chi connectivity index (χ2v) is 4.97. The number of benzene rings is 1. The van der Waals surface area contributed by atoms with E-state index in [1.165, 1.54) is 14.2 Å². The van der Waals surface area contributed by atoms with Gasteiger partial charge >= 0.3 is 0 Å². The van der Waals surface area contributed by atoms with Crippen LogP contribution in [0.5, 0.6) is 11.5 Å². The van der Waals surface area contributed by atoms with Crippen LogP contribution in [-0.4, -0.2) is 31.4 Å². The Bertz CT molecular complexity index is 480. The van der Waals surface area contributed by atoms with Crippen molar-refractivity contribution in [2.24, 2.45) is 5.92 Å². The molecular weight excluding hydrogens is 282 g/mol. The summed E-state index contributed by atoms with van der Waals surface area (Å²) in [7, 11) is 2.99. The summed E-state index contributed by atoms with van der Waals surface area (Å²) in [5, 5.41) is 2.01. The highest BCUT2D eigenvalue weighted by molar-refractivity contribution is 6.64. The first-order chi connectivity index (χ1) is 9.38. The minimum Gasteiger partial charge on any atom is -0.497 e. The Hall–Kier alpha value is -1.75. The van der Waals surface area contributed by atoms with Crippen LogP contribution in [0.1, 0.15) is 24.2 Å². The van der Waals surface area contributed by atoms with Gasteiger partial charge in [0.2, 0.25) is 5.24 Å². The Balaban J connectivity index is 2.99. The number of carbonyl (C=O) groups excluding carboxylic acids is 2. The van der Waals surface area contributed by atoms with E-state index in [2.05, 4.69) is 5.32 Å². The van der Waals surface area contributed by atoms with E-state index in [0.717, 1.165) is 0 Å². The second kappa shape index (κ2) is 7.14. The molecule has 0 aliphatic rings. The lowest BCUT2D eigenvalue weighted by Gasteiger charge is -2.18. The van der Waals surface area contributed by atoms with E-state index >= 15 is 0 Å². The molecule has 1 unspecified atom stereocenters. The minimum atomic E-state index is -0.735. The van der Waals surface area contributed by atoms with Gasteiger partial charge in [0.15, 0.2) is 0 Å². The van der Waals surface area contributed by atoms with E-state index in [1.54, 1.807) is 32.0 Å². The number of ether oxygens (including phenoxy) is 2. The van der Waals surface area contributed by atoms with Crippen molar-refractivity contribution in [1.82, 2.24) is 5.32 Å². The van der Waals surface area contributed by atoms with Crippen LogP contribution in [0.2, 0.25) is 0 Å². The summed E-state index contributed by atoms with van der Waals surface area (Å²) >= 11 is 5.48. The largest absolute Gasteiger partial charge is 0.497 e. The quantitative estimate of drug-likeness (QED) is 0.818. The molecule has 1 rings (SSSR count). The van der Waals surface area contributed by atoms with Crippen molar-refractivity contribution in [2.45, 2.75) is 19.9 Å². The number of hydrogen-bond acceptors (Lipinski definition) is 4.